The number of allylic oxidation sites excluding steroid dienone is 1. The summed E-state index contributed by atoms with van der Waals surface area (Å²) in [6.07, 6.45) is 5.44. The molecule has 41 heavy (non-hydrogen) atoms. The van der Waals surface area contributed by atoms with E-state index in [0.717, 1.165) is 29.6 Å². The molecule has 0 heterocycles. The lowest BCUT2D eigenvalue weighted by Gasteiger charge is -2.58. The van der Waals surface area contributed by atoms with Crippen molar-refractivity contribution in [3.63, 3.8) is 0 Å². The number of carbonyl (C=O) groups excluding carboxylic acids is 2. The predicted molar refractivity (Wildman–Crippen MR) is 162 cm³/mol. The van der Waals surface area contributed by atoms with Gasteiger partial charge in [0, 0.05) is 11.5 Å². The second kappa shape index (κ2) is 10.1. The highest BCUT2D eigenvalue weighted by Gasteiger charge is 2.85. The number of hydrogen-bond donors (Lipinski definition) is 1. The number of benzene rings is 1. The van der Waals surface area contributed by atoms with Crippen LogP contribution in [0.2, 0.25) is 18.1 Å². The zero-order chi connectivity index (χ0) is 30.2. The van der Waals surface area contributed by atoms with Crippen molar-refractivity contribution >= 4 is 20.6 Å². The number of hydrogen-bond acceptors (Lipinski definition) is 6. The maximum atomic E-state index is 14.7. The van der Waals surface area contributed by atoms with E-state index >= 15 is 0 Å². The fourth-order valence-electron chi connectivity index (χ4n) is 9.28. The summed E-state index contributed by atoms with van der Waals surface area (Å²) >= 11 is 0. The Kier molecular flexibility index (Phi) is 7.48. The smallest absolute Gasteiger partial charge is 0.318 e. The molecule has 0 spiro atoms. The zero-order valence-electron chi connectivity index (χ0n) is 26.5. The third-order valence-electron chi connectivity index (χ3n) is 12.3. The molecule has 3 saturated carbocycles. The van der Waals surface area contributed by atoms with Crippen LogP contribution in [0.15, 0.2) is 35.9 Å². The zero-order valence-corrected chi connectivity index (χ0v) is 27.5. The van der Waals surface area contributed by atoms with Crippen LogP contribution in [0.25, 0.3) is 0 Å². The number of ether oxygens (including phenoxy) is 2. The van der Waals surface area contributed by atoms with Gasteiger partial charge in [-0.1, -0.05) is 65.3 Å². The first kappa shape index (κ1) is 30.5. The number of esters is 1. The van der Waals surface area contributed by atoms with E-state index in [1.807, 2.05) is 24.3 Å². The first-order chi connectivity index (χ1) is 19.2. The second-order valence-electron chi connectivity index (χ2n) is 15.2. The molecule has 4 unspecified atom stereocenters. The minimum atomic E-state index is -2.05. The van der Waals surface area contributed by atoms with Crippen molar-refractivity contribution in [3.8, 4) is 5.75 Å². The Labute approximate surface area is 247 Å². The summed E-state index contributed by atoms with van der Waals surface area (Å²) in [6.45, 7) is 17.8. The molecule has 0 amide bonds. The lowest BCUT2D eigenvalue weighted by Crippen LogP contribution is -2.63. The highest BCUT2D eigenvalue weighted by molar-refractivity contribution is 6.74. The van der Waals surface area contributed by atoms with E-state index < -0.39 is 24.6 Å². The standard InChI is InChI=1S/C34H50O6Si/c1-21(2)27-14-24-16-33(20-36)28-15-29(40-41(8,9)31(4,5)6)22(3)26(28)17-32(24,19-35)34(27,33)30(37)39-18-23-10-12-25(38-7)13-11-23/h10-14,20-22,24,26,28-29,35H,15-19H2,1-9H3/t22?,24-,26?,28?,29?,32-,33-,34+/m0/s1. The summed E-state index contributed by atoms with van der Waals surface area (Å²) in [6, 6.07) is 7.49. The van der Waals surface area contributed by atoms with E-state index in [1.54, 1.807) is 7.11 Å². The quantitative estimate of drug-likeness (QED) is 0.153. The Bertz CT molecular complexity index is 1210. The lowest BCUT2D eigenvalue weighted by atomic mass is 9.43. The minimum absolute atomic E-state index is 0.00503. The first-order valence-corrected chi connectivity index (χ1v) is 18.3. The molecule has 1 aromatic carbocycles. The van der Waals surface area contributed by atoms with Gasteiger partial charge in [0.05, 0.1) is 19.1 Å². The molecule has 4 bridgehead atoms. The van der Waals surface area contributed by atoms with Gasteiger partial charge in [-0.3, -0.25) is 4.79 Å². The number of carbonyl (C=O) groups is 2. The maximum Gasteiger partial charge on any atom is 0.318 e. The van der Waals surface area contributed by atoms with Crippen LogP contribution in [-0.2, 0) is 25.4 Å². The molecule has 0 saturated heterocycles. The Morgan fingerprint density at radius 3 is 2.37 bits per heavy atom. The average Bonchev–Trinajstić information content (AvgIpc) is 3.45. The molecule has 0 radical (unpaired) electrons. The van der Waals surface area contributed by atoms with E-state index in [-0.39, 0.29) is 59.9 Å². The van der Waals surface area contributed by atoms with Crippen LogP contribution in [-0.4, -0.2) is 45.5 Å². The van der Waals surface area contributed by atoms with Crippen LogP contribution >= 0.6 is 0 Å². The highest BCUT2D eigenvalue weighted by Crippen LogP contribution is 2.82. The summed E-state index contributed by atoms with van der Waals surface area (Å²) in [5.74, 6) is 0.860. The van der Waals surface area contributed by atoms with Gasteiger partial charge in [-0.2, -0.15) is 0 Å². The van der Waals surface area contributed by atoms with Crippen molar-refractivity contribution < 1.29 is 28.6 Å². The van der Waals surface area contributed by atoms with Crippen molar-refractivity contribution in [3.05, 3.63) is 41.5 Å². The van der Waals surface area contributed by atoms with Crippen molar-refractivity contribution in [2.24, 2.45) is 45.8 Å². The fourth-order valence-corrected chi connectivity index (χ4v) is 10.7. The summed E-state index contributed by atoms with van der Waals surface area (Å²) in [5.41, 5.74) is -0.999. The molecule has 3 fully saturated rings. The Morgan fingerprint density at radius 1 is 1.17 bits per heavy atom. The van der Waals surface area contributed by atoms with Gasteiger partial charge in [-0.05, 0) is 84.7 Å². The molecule has 6 nitrogen and oxygen atoms in total. The molecule has 7 heteroatoms. The molecule has 0 aromatic heterocycles. The monoisotopic (exact) mass is 582 g/mol. The van der Waals surface area contributed by atoms with Crippen LogP contribution in [0.5, 0.6) is 5.75 Å². The second-order valence-corrected chi connectivity index (χ2v) is 20.0. The molecule has 4 aliphatic rings. The molecular formula is C34H50O6Si. The van der Waals surface area contributed by atoms with Crippen LogP contribution < -0.4 is 4.74 Å². The minimum Gasteiger partial charge on any atom is -0.497 e. The fraction of sp³-hybridized carbons (Fsp3) is 0.706. The molecule has 1 aromatic rings. The normalized spacial score (nSPS) is 37.6. The molecule has 226 valence electrons. The molecule has 1 N–H and O–H groups in total. The van der Waals surface area contributed by atoms with E-state index in [0.29, 0.717) is 12.8 Å². The van der Waals surface area contributed by atoms with Crippen molar-refractivity contribution in [2.45, 2.75) is 91.6 Å². The van der Waals surface area contributed by atoms with Crippen LogP contribution in [0.3, 0.4) is 0 Å². The van der Waals surface area contributed by atoms with Gasteiger partial charge >= 0.3 is 5.97 Å². The number of fused-ring (bicyclic) bond motifs is 2. The van der Waals surface area contributed by atoms with E-state index in [2.05, 4.69) is 60.7 Å². The molecule has 4 aliphatic carbocycles. The summed E-state index contributed by atoms with van der Waals surface area (Å²) in [7, 11) is -0.433. The van der Waals surface area contributed by atoms with Crippen LogP contribution in [0, 0.1) is 45.8 Å². The number of rotatable bonds is 9. The summed E-state index contributed by atoms with van der Waals surface area (Å²) < 4.78 is 18.5. The number of methoxy groups -OCH3 is 1. The number of aldehydes is 1. The van der Waals surface area contributed by atoms with Crippen LogP contribution in [0.4, 0.5) is 0 Å². The molecule has 0 aliphatic heterocycles. The number of aliphatic hydroxyl groups is 1. The Morgan fingerprint density at radius 2 is 1.83 bits per heavy atom. The SMILES string of the molecule is COc1ccc(COC(=O)[C@@]23C(C(C)C)=C[C@H]4C[C@]2(C=O)C2CC(O[Si](C)(C)C(C)(C)C)C(C)C2C[C@]43CO)cc1. The van der Waals surface area contributed by atoms with Crippen molar-refractivity contribution in [1.29, 1.82) is 0 Å². The van der Waals surface area contributed by atoms with Gasteiger partial charge in [-0.15, -0.1) is 0 Å². The van der Waals surface area contributed by atoms with E-state index in [4.69, 9.17) is 13.9 Å². The van der Waals surface area contributed by atoms with Gasteiger partial charge in [-0.25, -0.2) is 0 Å². The topological polar surface area (TPSA) is 82.1 Å². The summed E-state index contributed by atoms with van der Waals surface area (Å²) in [4.78, 5) is 28.4. The summed E-state index contributed by atoms with van der Waals surface area (Å²) in [5, 5.41) is 11.4. The van der Waals surface area contributed by atoms with Gasteiger partial charge in [0.1, 0.15) is 24.1 Å². The molecule has 5 rings (SSSR count). The lowest BCUT2D eigenvalue weighted by molar-refractivity contribution is -0.190. The highest BCUT2D eigenvalue weighted by atomic mass is 28.4. The largest absolute Gasteiger partial charge is 0.497 e. The van der Waals surface area contributed by atoms with Crippen molar-refractivity contribution in [1.82, 2.24) is 0 Å². The molecular weight excluding hydrogens is 532 g/mol. The van der Waals surface area contributed by atoms with Crippen LogP contribution in [0.1, 0.15) is 66.4 Å². The van der Waals surface area contributed by atoms with Gasteiger partial charge in [0.25, 0.3) is 0 Å². The average molecular weight is 583 g/mol. The van der Waals surface area contributed by atoms with Crippen molar-refractivity contribution in [2.75, 3.05) is 13.7 Å². The predicted octanol–water partition coefficient (Wildman–Crippen LogP) is 6.57. The Hall–Kier alpha value is -1.96. The third kappa shape index (κ3) is 4.01. The van der Waals surface area contributed by atoms with Gasteiger partial charge in [0.15, 0.2) is 8.32 Å². The van der Waals surface area contributed by atoms with Gasteiger partial charge in [0.2, 0.25) is 0 Å². The van der Waals surface area contributed by atoms with Gasteiger partial charge < -0.3 is 23.8 Å². The van der Waals surface area contributed by atoms with E-state index in [9.17, 15) is 14.7 Å². The maximum absolute atomic E-state index is 14.7. The van der Waals surface area contributed by atoms with E-state index in [1.165, 1.54) is 0 Å². The Balaban J connectivity index is 1.56. The molecule has 8 atom stereocenters. The number of aliphatic hydroxyl groups excluding tert-OH is 1. The first-order valence-electron chi connectivity index (χ1n) is 15.4. The third-order valence-corrected chi connectivity index (χ3v) is 16.8.